The van der Waals surface area contributed by atoms with E-state index in [-0.39, 0.29) is 0 Å². The molecule has 1 aliphatic heterocycles. The molecule has 1 saturated carbocycles. The highest BCUT2D eigenvalue weighted by Crippen LogP contribution is 2.45. The molecule has 3 atom stereocenters. The summed E-state index contributed by atoms with van der Waals surface area (Å²) in [6.45, 7) is 2.11. The Morgan fingerprint density at radius 2 is 2.14 bits per heavy atom. The highest BCUT2D eigenvalue weighted by Gasteiger charge is 2.43. The molecule has 1 aliphatic carbocycles. The number of rotatable bonds is 4. The monoisotopic (exact) mass is 236 g/mol. The summed E-state index contributed by atoms with van der Waals surface area (Å²) in [5.74, 6) is 0.730. The quantitative estimate of drug-likeness (QED) is 0.673. The van der Waals surface area contributed by atoms with Crippen LogP contribution in [0.4, 0.5) is 0 Å². The largest absolute Gasteiger partial charge is 0.375 e. The van der Waals surface area contributed by atoms with Gasteiger partial charge in [0.2, 0.25) is 0 Å². The summed E-state index contributed by atoms with van der Waals surface area (Å²) in [6, 6.07) is 0. The van der Waals surface area contributed by atoms with Crippen LogP contribution in [-0.2, 0) is 4.74 Å². The van der Waals surface area contributed by atoms with E-state index in [1.807, 2.05) is 0 Å². The molecule has 82 valence electrons. The molecule has 0 amide bonds. The van der Waals surface area contributed by atoms with Crippen molar-refractivity contribution in [2.75, 3.05) is 0 Å². The van der Waals surface area contributed by atoms with E-state index in [1.54, 1.807) is 0 Å². The van der Waals surface area contributed by atoms with Crippen LogP contribution in [0.5, 0.6) is 0 Å². The molecule has 1 saturated heterocycles. The van der Waals surface area contributed by atoms with Crippen molar-refractivity contribution in [2.45, 2.75) is 62.0 Å². The topological polar surface area (TPSA) is 9.23 Å². The first kappa shape index (κ1) is 11.0. The molecule has 0 aromatic heterocycles. The van der Waals surface area contributed by atoms with Crippen LogP contribution in [0, 0.1) is 5.92 Å². The van der Waals surface area contributed by atoms with Gasteiger partial charge < -0.3 is 4.74 Å². The van der Waals surface area contributed by atoms with Crippen molar-refractivity contribution in [2.24, 2.45) is 5.92 Å². The second-order valence-electron chi connectivity index (χ2n) is 4.68. The van der Waals surface area contributed by atoms with Crippen LogP contribution in [0.2, 0.25) is 0 Å². The van der Waals surface area contributed by atoms with E-state index in [0.717, 1.165) is 25.2 Å². The van der Waals surface area contributed by atoms with Crippen LogP contribution >= 0.6 is 23.2 Å². The van der Waals surface area contributed by atoms with Crippen LogP contribution in [0.25, 0.3) is 0 Å². The molecule has 2 rings (SSSR count). The maximum absolute atomic E-state index is 6.24. The minimum atomic E-state index is -0.566. The van der Waals surface area contributed by atoms with Crippen molar-refractivity contribution < 1.29 is 4.74 Å². The summed E-state index contributed by atoms with van der Waals surface area (Å²) in [5, 5.41) is 0. The number of halogens is 2. The van der Waals surface area contributed by atoms with E-state index >= 15 is 0 Å². The van der Waals surface area contributed by atoms with Gasteiger partial charge in [-0.05, 0) is 31.6 Å². The van der Waals surface area contributed by atoms with Crippen molar-refractivity contribution in [3.05, 3.63) is 0 Å². The molecule has 3 heteroatoms. The molecule has 2 fully saturated rings. The lowest BCUT2D eigenvalue weighted by atomic mass is 9.96. The summed E-state index contributed by atoms with van der Waals surface area (Å²) in [4.78, 5) is 0. The van der Waals surface area contributed by atoms with E-state index in [4.69, 9.17) is 27.9 Å². The highest BCUT2D eigenvalue weighted by atomic mass is 35.5. The van der Waals surface area contributed by atoms with E-state index < -0.39 is 4.33 Å². The van der Waals surface area contributed by atoms with Gasteiger partial charge in [-0.1, -0.05) is 13.3 Å². The second kappa shape index (κ2) is 4.19. The van der Waals surface area contributed by atoms with Crippen molar-refractivity contribution in [3.8, 4) is 0 Å². The lowest BCUT2D eigenvalue weighted by Crippen LogP contribution is -2.28. The molecular formula is C11H18Cl2O. The van der Waals surface area contributed by atoms with E-state index in [2.05, 4.69) is 6.92 Å². The SMILES string of the molecule is CCCC(Cl)(Cl)CC1OC2CCC1C2. The predicted octanol–water partition coefficient (Wildman–Crippen LogP) is 3.92. The Hall–Kier alpha value is 0.540. The first-order valence-electron chi connectivity index (χ1n) is 5.64. The maximum Gasteiger partial charge on any atom is 0.120 e. The fourth-order valence-corrected chi connectivity index (χ4v) is 3.45. The van der Waals surface area contributed by atoms with Crippen molar-refractivity contribution in [1.29, 1.82) is 0 Å². The molecule has 0 N–H and O–H groups in total. The molecule has 2 aliphatic rings. The standard InChI is InChI=1S/C11H18Cl2O/c1-2-5-11(12,13)7-10-8-3-4-9(6-8)14-10/h8-10H,2-7H2,1H3. The van der Waals surface area contributed by atoms with E-state index in [0.29, 0.717) is 12.2 Å². The fraction of sp³-hybridized carbons (Fsp3) is 1.00. The third kappa shape index (κ3) is 2.37. The molecule has 0 aromatic rings. The van der Waals surface area contributed by atoms with Gasteiger partial charge >= 0.3 is 0 Å². The molecule has 0 radical (unpaired) electrons. The molecule has 3 unspecified atom stereocenters. The zero-order valence-corrected chi connectivity index (χ0v) is 10.2. The number of hydrogen-bond acceptors (Lipinski definition) is 1. The van der Waals surface area contributed by atoms with Crippen LogP contribution < -0.4 is 0 Å². The maximum atomic E-state index is 6.24. The smallest absolute Gasteiger partial charge is 0.120 e. The number of alkyl halides is 2. The second-order valence-corrected chi connectivity index (χ2v) is 6.32. The van der Waals surface area contributed by atoms with Crippen LogP contribution in [-0.4, -0.2) is 16.5 Å². The summed E-state index contributed by atoms with van der Waals surface area (Å²) in [7, 11) is 0. The average Bonchev–Trinajstić information content (AvgIpc) is 2.63. The fourth-order valence-electron chi connectivity index (χ4n) is 2.77. The van der Waals surface area contributed by atoms with Gasteiger partial charge in [-0.2, -0.15) is 0 Å². The number of fused-ring (bicyclic) bond motifs is 2. The molecule has 1 nitrogen and oxygen atoms in total. The first-order valence-corrected chi connectivity index (χ1v) is 6.39. The van der Waals surface area contributed by atoms with Crippen LogP contribution in [0.3, 0.4) is 0 Å². The van der Waals surface area contributed by atoms with Crippen LogP contribution in [0.1, 0.15) is 45.4 Å². The van der Waals surface area contributed by atoms with Crippen molar-refractivity contribution >= 4 is 23.2 Å². The first-order chi connectivity index (χ1) is 6.61. The zero-order chi connectivity index (χ0) is 10.2. The Kier molecular flexibility index (Phi) is 3.30. The van der Waals surface area contributed by atoms with Gasteiger partial charge in [0, 0.05) is 6.42 Å². The van der Waals surface area contributed by atoms with Crippen molar-refractivity contribution in [3.63, 3.8) is 0 Å². The minimum Gasteiger partial charge on any atom is -0.375 e. The Labute approximate surface area is 96.1 Å². The minimum absolute atomic E-state index is 0.329. The Balaban J connectivity index is 1.86. The summed E-state index contributed by atoms with van der Waals surface area (Å²) >= 11 is 12.5. The van der Waals surface area contributed by atoms with Gasteiger partial charge in [0.05, 0.1) is 12.2 Å². The predicted molar refractivity (Wildman–Crippen MR) is 60.0 cm³/mol. The van der Waals surface area contributed by atoms with Gasteiger partial charge in [-0.3, -0.25) is 0 Å². The number of ether oxygens (including phenoxy) is 1. The van der Waals surface area contributed by atoms with E-state index in [9.17, 15) is 0 Å². The van der Waals surface area contributed by atoms with Gasteiger partial charge in [-0.25, -0.2) is 0 Å². The van der Waals surface area contributed by atoms with Gasteiger partial charge in [-0.15, -0.1) is 23.2 Å². The molecule has 0 aromatic carbocycles. The average molecular weight is 237 g/mol. The number of hydrogen-bond donors (Lipinski definition) is 0. The molecule has 2 bridgehead atoms. The third-order valence-electron chi connectivity index (χ3n) is 3.43. The molecular weight excluding hydrogens is 219 g/mol. The van der Waals surface area contributed by atoms with Gasteiger partial charge in [0.25, 0.3) is 0 Å². The molecule has 0 spiro atoms. The summed E-state index contributed by atoms with van der Waals surface area (Å²) < 4.78 is 5.31. The van der Waals surface area contributed by atoms with E-state index in [1.165, 1.54) is 19.3 Å². The third-order valence-corrected chi connectivity index (χ3v) is 4.12. The summed E-state index contributed by atoms with van der Waals surface area (Å²) in [6.07, 6.45) is 7.34. The highest BCUT2D eigenvalue weighted by molar-refractivity contribution is 6.48. The van der Waals surface area contributed by atoms with Crippen molar-refractivity contribution in [1.82, 2.24) is 0 Å². The van der Waals surface area contributed by atoms with Gasteiger partial charge in [0.1, 0.15) is 4.33 Å². The molecule has 1 heterocycles. The molecule has 14 heavy (non-hydrogen) atoms. The lowest BCUT2D eigenvalue weighted by molar-refractivity contribution is -0.00284. The Morgan fingerprint density at radius 1 is 1.36 bits per heavy atom. The zero-order valence-electron chi connectivity index (χ0n) is 8.64. The lowest BCUT2D eigenvalue weighted by Gasteiger charge is -2.28. The Morgan fingerprint density at radius 3 is 2.64 bits per heavy atom. The summed E-state index contributed by atoms with van der Waals surface area (Å²) in [5.41, 5.74) is 0. The van der Waals surface area contributed by atoms with Crippen LogP contribution in [0.15, 0.2) is 0 Å². The normalized spacial score (nSPS) is 36.6. The Bertz CT molecular complexity index is 205. The van der Waals surface area contributed by atoms with Gasteiger partial charge in [0.15, 0.2) is 0 Å².